The van der Waals surface area contributed by atoms with Crippen molar-refractivity contribution < 1.29 is 9.59 Å². The van der Waals surface area contributed by atoms with Crippen LogP contribution in [0.25, 0.3) is 16.6 Å². The van der Waals surface area contributed by atoms with E-state index >= 15 is 0 Å². The molecule has 0 radical (unpaired) electrons. The molecular formula is C32H32N4O2. The molecule has 38 heavy (non-hydrogen) atoms. The Bertz CT molecular complexity index is 1620. The fraction of sp³-hybridized carbons (Fsp3) is 0.219. The number of hydrogen-bond donors (Lipinski definition) is 2. The number of nitrogens with one attached hydrogen (secondary N) is 2. The Morgan fingerprint density at radius 2 is 1.63 bits per heavy atom. The highest BCUT2D eigenvalue weighted by molar-refractivity contribution is 6.47. The number of carbonyl (C=O) groups excluding carboxylic acids is 2. The minimum atomic E-state index is -0.678. The van der Waals surface area contributed by atoms with Crippen LogP contribution < -0.4 is 5.32 Å². The number of amides is 1. The molecule has 2 N–H and O–H groups in total. The number of Topliss-reactive ketones (excluding diaryl/α,β-unsaturated/α-hetero) is 1. The quantitative estimate of drug-likeness (QED) is 0.187. The number of hydrogen-bond acceptors (Lipinski definition) is 3. The van der Waals surface area contributed by atoms with Gasteiger partial charge in [0, 0.05) is 40.0 Å². The molecule has 5 rings (SSSR count). The monoisotopic (exact) mass is 504 g/mol. The second-order valence-electron chi connectivity index (χ2n) is 10.5. The van der Waals surface area contributed by atoms with Gasteiger partial charge in [-0.15, -0.1) is 0 Å². The summed E-state index contributed by atoms with van der Waals surface area (Å²) < 4.78 is 1.77. The molecule has 0 unspecified atom stereocenters. The lowest BCUT2D eigenvalue weighted by Crippen LogP contribution is -2.25. The molecule has 0 saturated heterocycles. The highest BCUT2D eigenvalue weighted by Crippen LogP contribution is 2.34. The van der Waals surface area contributed by atoms with E-state index in [0.717, 1.165) is 39.4 Å². The molecule has 5 aromatic rings. The first-order chi connectivity index (χ1) is 18.2. The lowest BCUT2D eigenvalue weighted by Gasteiger charge is -2.24. The number of carbonyl (C=O) groups is 2. The van der Waals surface area contributed by atoms with E-state index in [1.54, 1.807) is 10.6 Å². The van der Waals surface area contributed by atoms with Crippen LogP contribution in [-0.2, 0) is 10.2 Å². The SMILES string of the molecule is Cc1[nH]c(C(C)C)nc1C(C)(C)c1ccc(NC(=O)C(=O)c2c(-c3ccccc3)cc3ccccn23)cc1. The van der Waals surface area contributed by atoms with Gasteiger partial charge in [-0.3, -0.25) is 9.59 Å². The lowest BCUT2D eigenvalue weighted by molar-refractivity contribution is -0.112. The van der Waals surface area contributed by atoms with Gasteiger partial charge >= 0.3 is 0 Å². The summed E-state index contributed by atoms with van der Waals surface area (Å²) in [5, 5.41) is 2.80. The van der Waals surface area contributed by atoms with Crippen molar-refractivity contribution in [1.29, 1.82) is 0 Å². The van der Waals surface area contributed by atoms with Gasteiger partial charge < -0.3 is 14.7 Å². The van der Waals surface area contributed by atoms with Gasteiger partial charge in [0.25, 0.3) is 11.7 Å². The molecule has 0 bridgehead atoms. The minimum absolute atomic E-state index is 0.313. The van der Waals surface area contributed by atoms with E-state index in [-0.39, 0.29) is 5.41 Å². The number of pyridine rings is 1. The highest BCUT2D eigenvalue weighted by Gasteiger charge is 2.29. The molecule has 0 atom stereocenters. The van der Waals surface area contributed by atoms with E-state index < -0.39 is 11.7 Å². The van der Waals surface area contributed by atoms with Gasteiger partial charge in [0.2, 0.25) is 0 Å². The number of benzene rings is 2. The largest absolute Gasteiger partial charge is 0.346 e. The molecule has 2 aromatic carbocycles. The zero-order valence-electron chi connectivity index (χ0n) is 22.4. The number of H-pyrrole nitrogens is 1. The molecule has 6 heteroatoms. The van der Waals surface area contributed by atoms with Crippen LogP contribution in [0.3, 0.4) is 0 Å². The number of rotatable bonds is 7. The summed E-state index contributed by atoms with van der Waals surface area (Å²) in [6.07, 6.45) is 1.81. The van der Waals surface area contributed by atoms with E-state index in [2.05, 4.69) is 38.0 Å². The molecule has 0 fully saturated rings. The molecule has 0 spiro atoms. The maximum atomic E-state index is 13.5. The van der Waals surface area contributed by atoms with Crippen molar-refractivity contribution in [2.75, 3.05) is 5.32 Å². The zero-order valence-corrected chi connectivity index (χ0v) is 22.4. The molecule has 0 aliphatic heterocycles. The van der Waals surface area contributed by atoms with Crippen LogP contribution in [0.5, 0.6) is 0 Å². The summed E-state index contributed by atoms with van der Waals surface area (Å²) in [5.41, 5.74) is 6.15. The number of imidazole rings is 1. The van der Waals surface area contributed by atoms with E-state index in [4.69, 9.17) is 4.98 Å². The molecule has 3 aromatic heterocycles. The van der Waals surface area contributed by atoms with E-state index in [9.17, 15) is 9.59 Å². The average molecular weight is 505 g/mol. The number of aromatic nitrogens is 3. The fourth-order valence-electron chi connectivity index (χ4n) is 4.96. The Kier molecular flexibility index (Phi) is 6.49. The summed E-state index contributed by atoms with van der Waals surface area (Å²) in [5.74, 6) is 0.0184. The van der Waals surface area contributed by atoms with Crippen LogP contribution >= 0.6 is 0 Å². The number of anilines is 1. The topological polar surface area (TPSA) is 79.3 Å². The van der Waals surface area contributed by atoms with Gasteiger partial charge in [-0.1, -0.05) is 76.2 Å². The van der Waals surface area contributed by atoms with Crippen LogP contribution in [0.4, 0.5) is 5.69 Å². The predicted molar refractivity (Wildman–Crippen MR) is 152 cm³/mol. The van der Waals surface area contributed by atoms with Gasteiger partial charge in [-0.25, -0.2) is 4.98 Å². The average Bonchev–Trinajstić information content (AvgIpc) is 3.50. The van der Waals surface area contributed by atoms with Crippen LogP contribution in [0.1, 0.15) is 66.9 Å². The van der Waals surface area contributed by atoms with Gasteiger partial charge in [0.1, 0.15) is 11.5 Å². The number of nitrogens with zero attached hydrogens (tertiary/aromatic N) is 2. The van der Waals surface area contributed by atoms with Crippen LogP contribution in [-0.4, -0.2) is 26.1 Å². The van der Waals surface area contributed by atoms with E-state index in [1.165, 1.54) is 0 Å². The summed E-state index contributed by atoms with van der Waals surface area (Å²) in [7, 11) is 0. The molecular weight excluding hydrogens is 472 g/mol. The van der Waals surface area contributed by atoms with Crippen molar-refractivity contribution in [3.63, 3.8) is 0 Å². The van der Waals surface area contributed by atoms with Crippen LogP contribution in [0, 0.1) is 6.92 Å². The second kappa shape index (κ2) is 9.78. The van der Waals surface area contributed by atoms with E-state index in [1.807, 2.05) is 85.8 Å². The van der Waals surface area contributed by atoms with Crippen molar-refractivity contribution in [2.24, 2.45) is 0 Å². The molecule has 192 valence electrons. The smallest absolute Gasteiger partial charge is 0.298 e. The van der Waals surface area contributed by atoms with Crippen LogP contribution in [0.15, 0.2) is 85.1 Å². The molecule has 1 amide bonds. The van der Waals surface area contributed by atoms with Crippen molar-refractivity contribution in [2.45, 2.75) is 46.0 Å². The fourth-order valence-corrected chi connectivity index (χ4v) is 4.96. The molecule has 6 nitrogen and oxygen atoms in total. The number of aromatic amines is 1. The standard InChI is InChI=1S/C32H32N4O2/c1-20(2)30-33-21(3)29(35-30)32(4,5)23-14-16-24(17-15-23)34-31(38)28(37)27-26(22-11-7-6-8-12-22)19-25-13-9-10-18-36(25)27/h6-20H,1-5H3,(H,33,35)(H,34,38). The van der Waals surface area contributed by atoms with Gasteiger partial charge in [0.05, 0.1) is 5.69 Å². The van der Waals surface area contributed by atoms with Gasteiger partial charge in [-0.05, 0) is 48.4 Å². The maximum absolute atomic E-state index is 13.5. The van der Waals surface area contributed by atoms with Crippen molar-refractivity contribution in [3.05, 3.63) is 114 Å². The second-order valence-corrected chi connectivity index (χ2v) is 10.5. The van der Waals surface area contributed by atoms with Crippen molar-refractivity contribution in [3.8, 4) is 11.1 Å². The Labute approximate surface area is 222 Å². The number of fused-ring (bicyclic) bond motifs is 1. The van der Waals surface area contributed by atoms with Crippen molar-refractivity contribution >= 4 is 22.9 Å². The molecule has 0 saturated carbocycles. The first-order valence-corrected chi connectivity index (χ1v) is 12.9. The summed E-state index contributed by atoms with van der Waals surface area (Å²) >= 11 is 0. The third-order valence-electron chi connectivity index (χ3n) is 7.09. The number of ketones is 1. The highest BCUT2D eigenvalue weighted by atomic mass is 16.2. The molecule has 0 aliphatic rings. The Hall–Kier alpha value is -4.45. The van der Waals surface area contributed by atoms with Crippen molar-refractivity contribution in [1.82, 2.24) is 14.4 Å². The maximum Gasteiger partial charge on any atom is 0.298 e. The first-order valence-electron chi connectivity index (χ1n) is 12.9. The zero-order chi connectivity index (χ0) is 27.0. The van der Waals surface area contributed by atoms with E-state index in [0.29, 0.717) is 17.3 Å². The van der Waals surface area contributed by atoms with Gasteiger partial charge in [0.15, 0.2) is 0 Å². The summed E-state index contributed by atoms with van der Waals surface area (Å²) in [4.78, 5) is 34.9. The summed E-state index contributed by atoms with van der Waals surface area (Å²) in [6, 6.07) is 24.9. The minimum Gasteiger partial charge on any atom is -0.346 e. The normalized spacial score (nSPS) is 11.7. The lowest BCUT2D eigenvalue weighted by atomic mass is 9.80. The predicted octanol–water partition coefficient (Wildman–Crippen LogP) is 6.91. The Morgan fingerprint density at radius 1 is 0.947 bits per heavy atom. The molecule has 3 heterocycles. The Morgan fingerprint density at radius 3 is 2.29 bits per heavy atom. The third-order valence-corrected chi connectivity index (χ3v) is 7.09. The van der Waals surface area contributed by atoms with Crippen LogP contribution in [0.2, 0.25) is 0 Å². The number of aryl methyl sites for hydroxylation is 1. The van der Waals surface area contributed by atoms with Gasteiger partial charge in [-0.2, -0.15) is 0 Å². The third kappa shape index (κ3) is 4.54. The Balaban J connectivity index is 1.41. The molecule has 0 aliphatic carbocycles. The summed E-state index contributed by atoms with van der Waals surface area (Å²) in [6.45, 7) is 10.6. The first kappa shape index (κ1) is 25.2.